The first kappa shape index (κ1) is 16.9. The van der Waals surface area contributed by atoms with Gasteiger partial charge in [0.1, 0.15) is 5.75 Å². The molecule has 0 radical (unpaired) electrons. The lowest BCUT2D eigenvalue weighted by atomic mass is 10.1. The second-order valence-electron chi connectivity index (χ2n) is 4.88. The highest BCUT2D eigenvalue weighted by atomic mass is 32.2. The molecule has 1 aromatic carbocycles. The minimum Gasteiger partial charge on any atom is -0.508 e. The van der Waals surface area contributed by atoms with Gasteiger partial charge >= 0.3 is 0 Å². The molecule has 0 amide bonds. The van der Waals surface area contributed by atoms with Crippen molar-refractivity contribution in [1.82, 2.24) is 9.62 Å². The fourth-order valence-electron chi connectivity index (χ4n) is 2.04. The van der Waals surface area contributed by atoms with Crippen LogP contribution in [0.15, 0.2) is 24.3 Å². The minimum atomic E-state index is -3.10. The molecule has 0 aromatic heterocycles. The summed E-state index contributed by atoms with van der Waals surface area (Å²) in [5, 5.41) is 12.8. The van der Waals surface area contributed by atoms with Gasteiger partial charge < -0.3 is 10.4 Å². The highest BCUT2D eigenvalue weighted by Gasteiger charge is 2.13. The van der Waals surface area contributed by atoms with Crippen molar-refractivity contribution in [3.63, 3.8) is 0 Å². The highest BCUT2D eigenvalue weighted by molar-refractivity contribution is 7.88. The second kappa shape index (κ2) is 7.61. The number of phenolic OH excluding ortho intramolecular Hbond substituents is 1. The number of nitrogens with one attached hydrogen (secondary N) is 1. The summed E-state index contributed by atoms with van der Waals surface area (Å²) in [6.07, 6.45) is 1.99. The lowest BCUT2D eigenvalue weighted by molar-refractivity contribution is 0.413. The van der Waals surface area contributed by atoms with E-state index in [2.05, 4.69) is 5.32 Å². The van der Waals surface area contributed by atoms with Crippen molar-refractivity contribution in [2.75, 3.05) is 25.9 Å². The minimum absolute atomic E-state index is 0.121. The molecule has 1 aromatic rings. The molecule has 0 saturated heterocycles. The Labute approximate surface area is 121 Å². The van der Waals surface area contributed by atoms with Crippen LogP contribution in [0, 0.1) is 0 Å². The fourth-order valence-corrected chi connectivity index (χ4v) is 2.97. The number of phenols is 1. The van der Waals surface area contributed by atoms with Gasteiger partial charge in [-0.3, -0.25) is 0 Å². The standard InChI is InChI=1S/C14H24N2O3S/c1-4-16(20(3,18)19)10-6-9-15-12(2)13-7-5-8-14(17)11-13/h5,7-8,11-12,15,17H,4,6,9-10H2,1-3H3. The first-order chi connectivity index (χ1) is 9.34. The molecule has 0 bridgehead atoms. The van der Waals surface area contributed by atoms with E-state index in [1.54, 1.807) is 12.1 Å². The monoisotopic (exact) mass is 300 g/mol. The zero-order valence-corrected chi connectivity index (χ0v) is 13.2. The van der Waals surface area contributed by atoms with Crippen molar-refractivity contribution < 1.29 is 13.5 Å². The van der Waals surface area contributed by atoms with Crippen molar-refractivity contribution in [3.8, 4) is 5.75 Å². The molecule has 0 heterocycles. The van der Waals surface area contributed by atoms with E-state index >= 15 is 0 Å². The van der Waals surface area contributed by atoms with E-state index in [0.717, 1.165) is 18.5 Å². The van der Waals surface area contributed by atoms with E-state index < -0.39 is 10.0 Å². The van der Waals surface area contributed by atoms with Gasteiger partial charge in [0.2, 0.25) is 10.0 Å². The molecular formula is C14H24N2O3S. The summed E-state index contributed by atoms with van der Waals surface area (Å²) in [7, 11) is -3.10. The van der Waals surface area contributed by atoms with Gasteiger partial charge in [0, 0.05) is 19.1 Å². The topological polar surface area (TPSA) is 69.6 Å². The summed E-state index contributed by atoms with van der Waals surface area (Å²) in [4.78, 5) is 0. The Morgan fingerprint density at radius 3 is 2.65 bits per heavy atom. The van der Waals surface area contributed by atoms with Gasteiger partial charge in [0.25, 0.3) is 0 Å². The first-order valence-corrected chi connectivity index (χ1v) is 8.67. The zero-order chi connectivity index (χ0) is 15.2. The average Bonchev–Trinajstić information content (AvgIpc) is 2.37. The quantitative estimate of drug-likeness (QED) is 0.717. The van der Waals surface area contributed by atoms with Crippen molar-refractivity contribution >= 4 is 10.0 Å². The molecule has 6 heteroatoms. The van der Waals surface area contributed by atoms with Crippen LogP contribution in [0.3, 0.4) is 0 Å². The lowest BCUT2D eigenvalue weighted by Gasteiger charge is -2.19. The van der Waals surface area contributed by atoms with Gasteiger partial charge in [-0.15, -0.1) is 0 Å². The average molecular weight is 300 g/mol. The molecule has 1 unspecified atom stereocenters. The van der Waals surface area contributed by atoms with Gasteiger partial charge in [-0.05, 0) is 37.6 Å². The Morgan fingerprint density at radius 2 is 2.10 bits per heavy atom. The number of hydrogen-bond donors (Lipinski definition) is 2. The van der Waals surface area contributed by atoms with Crippen LogP contribution in [0.2, 0.25) is 0 Å². The van der Waals surface area contributed by atoms with E-state index in [-0.39, 0.29) is 11.8 Å². The Kier molecular flexibility index (Phi) is 6.45. The molecule has 0 aliphatic carbocycles. The van der Waals surface area contributed by atoms with Crippen LogP contribution < -0.4 is 5.32 Å². The van der Waals surface area contributed by atoms with Crippen molar-refractivity contribution in [1.29, 1.82) is 0 Å². The van der Waals surface area contributed by atoms with Crippen LogP contribution in [0.5, 0.6) is 5.75 Å². The highest BCUT2D eigenvalue weighted by Crippen LogP contribution is 2.17. The van der Waals surface area contributed by atoms with Gasteiger partial charge in [-0.2, -0.15) is 0 Å². The van der Waals surface area contributed by atoms with Gasteiger partial charge in [-0.1, -0.05) is 19.1 Å². The lowest BCUT2D eigenvalue weighted by Crippen LogP contribution is -2.32. The maximum atomic E-state index is 11.4. The summed E-state index contributed by atoms with van der Waals surface area (Å²) in [6, 6.07) is 7.25. The van der Waals surface area contributed by atoms with Crippen LogP contribution >= 0.6 is 0 Å². The Hall–Kier alpha value is -1.11. The third-order valence-electron chi connectivity index (χ3n) is 3.23. The number of rotatable bonds is 8. The molecule has 0 aliphatic rings. The Morgan fingerprint density at radius 1 is 1.40 bits per heavy atom. The van der Waals surface area contributed by atoms with E-state index in [1.807, 2.05) is 26.0 Å². The third kappa shape index (κ3) is 5.48. The van der Waals surface area contributed by atoms with Crippen LogP contribution in [0.1, 0.15) is 31.9 Å². The molecule has 2 N–H and O–H groups in total. The first-order valence-electron chi connectivity index (χ1n) is 6.82. The van der Waals surface area contributed by atoms with Gasteiger partial charge in [0.15, 0.2) is 0 Å². The Bertz CT molecular complexity index is 517. The molecule has 1 atom stereocenters. The summed E-state index contributed by atoms with van der Waals surface area (Å²) in [5.74, 6) is 0.255. The van der Waals surface area contributed by atoms with Crippen LogP contribution in [0.4, 0.5) is 0 Å². The van der Waals surface area contributed by atoms with Crippen molar-refractivity contribution in [2.24, 2.45) is 0 Å². The molecular weight excluding hydrogens is 276 g/mol. The molecule has 114 valence electrons. The van der Waals surface area contributed by atoms with Gasteiger partial charge in [0.05, 0.1) is 6.26 Å². The molecule has 1 rings (SSSR count). The Balaban J connectivity index is 2.37. The largest absolute Gasteiger partial charge is 0.508 e. The van der Waals surface area contributed by atoms with E-state index in [0.29, 0.717) is 13.1 Å². The number of benzene rings is 1. The van der Waals surface area contributed by atoms with E-state index in [9.17, 15) is 13.5 Å². The third-order valence-corrected chi connectivity index (χ3v) is 4.61. The smallest absolute Gasteiger partial charge is 0.211 e. The fraction of sp³-hybridized carbons (Fsp3) is 0.571. The van der Waals surface area contributed by atoms with Crippen molar-refractivity contribution in [3.05, 3.63) is 29.8 Å². The second-order valence-corrected chi connectivity index (χ2v) is 6.86. The number of aromatic hydroxyl groups is 1. The van der Waals surface area contributed by atoms with E-state index in [1.165, 1.54) is 10.6 Å². The number of nitrogens with zero attached hydrogens (tertiary/aromatic N) is 1. The van der Waals surface area contributed by atoms with Crippen LogP contribution in [0.25, 0.3) is 0 Å². The maximum absolute atomic E-state index is 11.4. The summed E-state index contributed by atoms with van der Waals surface area (Å²) in [6.45, 7) is 5.60. The molecule has 0 spiro atoms. The predicted molar refractivity (Wildman–Crippen MR) is 81.2 cm³/mol. The van der Waals surface area contributed by atoms with Gasteiger partial charge in [-0.25, -0.2) is 12.7 Å². The zero-order valence-electron chi connectivity index (χ0n) is 12.3. The van der Waals surface area contributed by atoms with Crippen molar-refractivity contribution in [2.45, 2.75) is 26.3 Å². The molecule has 0 aliphatic heterocycles. The number of sulfonamides is 1. The SMILES string of the molecule is CCN(CCCNC(C)c1cccc(O)c1)S(C)(=O)=O. The summed E-state index contributed by atoms with van der Waals surface area (Å²) in [5.41, 5.74) is 1.01. The van der Waals surface area contributed by atoms with Crippen LogP contribution in [-0.4, -0.2) is 43.7 Å². The van der Waals surface area contributed by atoms with E-state index in [4.69, 9.17) is 0 Å². The van der Waals surface area contributed by atoms with Crippen LogP contribution in [-0.2, 0) is 10.0 Å². The normalized spacial score (nSPS) is 13.6. The molecule has 5 nitrogen and oxygen atoms in total. The summed E-state index contributed by atoms with van der Waals surface area (Å²) < 4.78 is 24.3. The molecule has 0 saturated carbocycles. The maximum Gasteiger partial charge on any atom is 0.211 e. The predicted octanol–water partition coefficient (Wildman–Crippen LogP) is 1.71. The molecule has 0 fully saturated rings. The summed E-state index contributed by atoms with van der Waals surface area (Å²) >= 11 is 0. The number of hydrogen-bond acceptors (Lipinski definition) is 4. The molecule has 20 heavy (non-hydrogen) atoms.